The summed E-state index contributed by atoms with van der Waals surface area (Å²) in [6, 6.07) is 0.696. The summed E-state index contributed by atoms with van der Waals surface area (Å²) in [6.45, 7) is 17.1. The Labute approximate surface area is 412 Å². The standard InChI is InChI=1S/C57H115NO5SSi/c1-7-12-17-22-27-32-37-42-48-56(59)57(60)64-53-47-54-65(61-51-45-40-35-30-25-20-15-10-4,62-52-46-41-36-31-26-21-16-11-5)63-55(6)58(49-43-38-33-28-23-18-13-8-2)50-44-39-34-29-24-19-14-9-3/h55H,7-54H2,1-6H3. The van der Waals surface area contributed by atoms with Crippen molar-refractivity contribution in [3.8, 4) is 0 Å². The lowest BCUT2D eigenvalue weighted by Crippen LogP contribution is -2.52. The van der Waals surface area contributed by atoms with E-state index in [-0.39, 0.29) is 17.1 Å². The van der Waals surface area contributed by atoms with Gasteiger partial charge in [0.2, 0.25) is 5.78 Å². The normalized spacial score (nSPS) is 12.5. The summed E-state index contributed by atoms with van der Waals surface area (Å²) in [4.78, 5) is 28.5. The minimum atomic E-state index is -3.13. The van der Waals surface area contributed by atoms with Crippen LogP contribution in [0.2, 0.25) is 6.04 Å². The minimum absolute atomic E-state index is 0.0876. The largest absolute Gasteiger partial charge is 0.502 e. The molecular weight excluding hydrogens is 839 g/mol. The topological polar surface area (TPSA) is 65.1 Å². The number of carbonyl (C=O) groups is 2. The van der Waals surface area contributed by atoms with E-state index in [0.717, 1.165) is 51.6 Å². The molecule has 0 aliphatic rings. The van der Waals surface area contributed by atoms with Gasteiger partial charge in [0.1, 0.15) is 6.23 Å². The Bertz CT molecular complexity index is 945. The number of Topliss-reactive ketones (excluding diaryl/α,β-unsaturated/α-hetero) is 1. The van der Waals surface area contributed by atoms with Crippen molar-refractivity contribution in [2.75, 3.05) is 32.1 Å². The Kier molecular flexibility index (Phi) is 51.4. The van der Waals surface area contributed by atoms with Gasteiger partial charge in [0, 0.05) is 44.5 Å². The zero-order chi connectivity index (χ0) is 47.6. The van der Waals surface area contributed by atoms with Gasteiger partial charge in [-0.15, -0.1) is 0 Å². The van der Waals surface area contributed by atoms with Gasteiger partial charge in [-0.2, -0.15) is 0 Å². The first kappa shape index (κ1) is 64.7. The van der Waals surface area contributed by atoms with Gasteiger partial charge in [-0.25, -0.2) is 0 Å². The number of carbonyl (C=O) groups excluding carboxylic acids is 2. The fourth-order valence-corrected chi connectivity index (χ4v) is 12.8. The van der Waals surface area contributed by atoms with Crippen LogP contribution in [0.1, 0.15) is 311 Å². The summed E-state index contributed by atoms with van der Waals surface area (Å²) in [5, 5.41) is -0.267. The summed E-state index contributed by atoms with van der Waals surface area (Å²) < 4.78 is 21.3. The first-order chi connectivity index (χ1) is 31.9. The van der Waals surface area contributed by atoms with E-state index >= 15 is 0 Å². The molecule has 0 saturated heterocycles. The van der Waals surface area contributed by atoms with E-state index in [1.54, 1.807) is 0 Å². The lowest BCUT2D eigenvalue weighted by Gasteiger charge is -2.37. The Hall–Kier alpha value is -0.253. The van der Waals surface area contributed by atoms with E-state index < -0.39 is 8.80 Å². The zero-order valence-electron chi connectivity index (χ0n) is 44.9. The number of hydrogen-bond acceptors (Lipinski definition) is 7. The second-order valence-corrected chi connectivity index (χ2v) is 23.7. The van der Waals surface area contributed by atoms with E-state index in [1.165, 1.54) is 236 Å². The highest BCUT2D eigenvalue weighted by Gasteiger charge is 2.43. The van der Waals surface area contributed by atoms with Crippen LogP contribution in [0.4, 0.5) is 0 Å². The molecule has 0 aromatic heterocycles. The summed E-state index contributed by atoms with van der Waals surface area (Å²) in [7, 11) is -3.13. The monoisotopic (exact) mass is 954 g/mol. The first-order valence-electron chi connectivity index (χ1n) is 29.3. The SMILES string of the molecule is CCCCCCCCCCO[Si](CCCSC(=O)C(=O)CCCCCCCCCC)(OCCCCCCCCCC)OC(C)N(CCCCCCCCCC)CCCCCCCCCC. The molecule has 0 fully saturated rings. The van der Waals surface area contributed by atoms with Gasteiger partial charge in [0.25, 0.3) is 5.12 Å². The third-order valence-electron chi connectivity index (χ3n) is 13.4. The van der Waals surface area contributed by atoms with Crippen molar-refractivity contribution in [1.29, 1.82) is 0 Å². The minimum Gasteiger partial charge on any atom is -0.373 e. The number of unbranched alkanes of at least 4 members (excludes halogenated alkanes) is 35. The van der Waals surface area contributed by atoms with Crippen molar-refractivity contribution < 1.29 is 22.9 Å². The van der Waals surface area contributed by atoms with Crippen molar-refractivity contribution in [3.63, 3.8) is 0 Å². The molecular formula is C57H115NO5SSi. The molecule has 0 heterocycles. The van der Waals surface area contributed by atoms with Crippen LogP contribution in [0.15, 0.2) is 0 Å². The molecule has 1 unspecified atom stereocenters. The second kappa shape index (κ2) is 51.6. The molecule has 65 heavy (non-hydrogen) atoms. The number of ketones is 1. The molecule has 0 N–H and O–H groups in total. The maximum absolute atomic E-state index is 13.0. The van der Waals surface area contributed by atoms with Crippen molar-refractivity contribution >= 4 is 31.5 Å². The predicted octanol–water partition coefficient (Wildman–Crippen LogP) is 18.9. The van der Waals surface area contributed by atoms with Gasteiger partial charge in [-0.1, -0.05) is 271 Å². The maximum atomic E-state index is 13.0. The van der Waals surface area contributed by atoms with Crippen molar-refractivity contribution in [2.24, 2.45) is 0 Å². The highest BCUT2D eigenvalue weighted by atomic mass is 32.2. The highest BCUT2D eigenvalue weighted by Crippen LogP contribution is 2.26. The van der Waals surface area contributed by atoms with Crippen LogP contribution in [0.3, 0.4) is 0 Å². The third-order valence-corrected chi connectivity index (χ3v) is 17.4. The summed E-state index contributed by atoms with van der Waals surface area (Å²) in [5.74, 6) is 0.403. The fourth-order valence-electron chi connectivity index (χ4n) is 9.00. The van der Waals surface area contributed by atoms with Gasteiger partial charge in [0.15, 0.2) is 0 Å². The average Bonchev–Trinajstić information content (AvgIpc) is 3.30. The van der Waals surface area contributed by atoms with Crippen LogP contribution in [0, 0.1) is 0 Å². The summed E-state index contributed by atoms with van der Waals surface area (Å²) in [6.07, 6.45) is 51.8. The number of nitrogens with zero attached hydrogens (tertiary/aromatic N) is 1. The molecule has 0 bridgehead atoms. The van der Waals surface area contributed by atoms with Gasteiger partial charge >= 0.3 is 8.80 Å². The van der Waals surface area contributed by atoms with E-state index in [2.05, 4.69) is 46.4 Å². The molecule has 1 atom stereocenters. The van der Waals surface area contributed by atoms with E-state index in [9.17, 15) is 9.59 Å². The molecule has 0 amide bonds. The molecule has 0 aliphatic carbocycles. The molecule has 0 aromatic carbocycles. The van der Waals surface area contributed by atoms with E-state index in [1.807, 2.05) is 0 Å². The number of rotatable bonds is 55. The second-order valence-electron chi connectivity index (χ2n) is 19.9. The quantitative estimate of drug-likeness (QED) is 0.0260. The van der Waals surface area contributed by atoms with E-state index in [4.69, 9.17) is 13.3 Å². The third kappa shape index (κ3) is 43.5. The lowest BCUT2D eigenvalue weighted by molar-refractivity contribution is -0.131. The van der Waals surface area contributed by atoms with Crippen LogP contribution in [-0.2, 0) is 22.9 Å². The van der Waals surface area contributed by atoms with Crippen LogP contribution < -0.4 is 0 Å². The molecule has 0 saturated carbocycles. The van der Waals surface area contributed by atoms with Crippen LogP contribution in [-0.4, -0.2) is 62.9 Å². The number of hydrogen-bond donors (Lipinski definition) is 0. The molecule has 0 rings (SSSR count). The Morgan fingerprint density at radius 1 is 0.415 bits per heavy atom. The smallest absolute Gasteiger partial charge is 0.373 e. The molecule has 0 aromatic rings. The zero-order valence-corrected chi connectivity index (χ0v) is 46.7. The van der Waals surface area contributed by atoms with Crippen LogP contribution in [0.25, 0.3) is 0 Å². The molecule has 0 aliphatic heterocycles. The molecule has 388 valence electrons. The Morgan fingerprint density at radius 3 is 1.08 bits per heavy atom. The van der Waals surface area contributed by atoms with Crippen molar-refractivity contribution in [1.82, 2.24) is 4.90 Å². The lowest BCUT2D eigenvalue weighted by atomic mass is 10.1. The summed E-state index contributed by atoms with van der Waals surface area (Å²) >= 11 is 1.21. The van der Waals surface area contributed by atoms with E-state index in [0.29, 0.717) is 31.4 Å². The van der Waals surface area contributed by atoms with Gasteiger partial charge < -0.3 is 13.3 Å². The van der Waals surface area contributed by atoms with Crippen LogP contribution in [0.5, 0.6) is 0 Å². The van der Waals surface area contributed by atoms with Gasteiger partial charge in [0.05, 0.1) is 0 Å². The van der Waals surface area contributed by atoms with Crippen LogP contribution >= 0.6 is 11.8 Å². The molecule has 0 radical (unpaired) electrons. The maximum Gasteiger partial charge on any atom is 0.502 e. The van der Waals surface area contributed by atoms with Crippen molar-refractivity contribution in [3.05, 3.63) is 0 Å². The molecule has 0 spiro atoms. The molecule has 6 nitrogen and oxygen atoms in total. The number of thioether (sulfide) groups is 1. The van der Waals surface area contributed by atoms with Gasteiger partial charge in [-0.3, -0.25) is 14.5 Å². The first-order valence-corrected chi connectivity index (χ1v) is 32.2. The van der Waals surface area contributed by atoms with Gasteiger partial charge in [-0.05, 0) is 45.4 Å². The predicted molar refractivity (Wildman–Crippen MR) is 289 cm³/mol. The summed E-state index contributed by atoms with van der Waals surface area (Å²) in [5.41, 5.74) is 0. The molecule has 8 heteroatoms. The Balaban J connectivity index is 5.90. The van der Waals surface area contributed by atoms with Crippen molar-refractivity contribution in [2.45, 2.75) is 323 Å². The Morgan fingerprint density at radius 2 is 0.723 bits per heavy atom. The highest BCUT2D eigenvalue weighted by molar-refractivity contribution is 8.15. The fraction of sp³-hybridized carbons (Fsp3) is 0.965. The average molecular weight is 955 g/mol.